The van der Waals surface area contributed by atoms with E-state index in [9.17, 15) is 8.42 Å². The average Bonchev–Trinajstić information content (AvgIpc) is 2.40. The van der Waals surface area contributed by atoms with E-state index in [4.69, 9.17) is 10.9 Å². The molecule has 1 aromatic carbocycles. The number of benzene rings is 1. The molecule has 2 rings (SSSR count). The molecule has 0 aliphatic heterocycles. The Balaban J connectivity index is 2.13. The fourth-order valence-corrected chi connectivity index (χ4v) is 2.20. The van der Waals surface area contributed by atoms with Gasteiger partial charge in [-0.25, -0.2) is 18.5 Å². The molecule has 106 valence electrons. The van der Waals surface area contributed by atoms with Crippen LogP contribution >= 0.6 is 0 Å². The van der Waals surface area contributed by atoms with E-state index in [1.807, 2.05) is 36.2 Å². The zero-order valence-corrected chi connectivity index (χ0v) is 11.8. The van der Waals surface area contributed by atoms with Crippen molar-refractivity contribution in [2.45, 2.75) is 11.4 Å². The summed E-state index contributed by atoms with van der Waals surface area (Å²) in [5, 5.41) is 5.03. The van der Waals surface area contributed by atoms with E-state index >= 15 is 0 Å². The number of primary sulfonamides is 1. The van der Waals surface area contributed by atoms with Gasteiger partial charge in [0, 0.05) is 25.5 Å². The third-order valence-corrected chi connectivity index (χ3v) is 3.74. The molecule has 0 aliphatic carbocycles. The zero-order chi connectivity index (χ0) is 14.8. The van der Waals surface area contributed by atoms with Gasteiger partial charge in [-0.1, -0.05) is 12.1 Å². The minimum atomic E-state index is -3.70. The Labute approximate surface area is 118 Å². The molecule has 0 fully saturated rings. The number of anilines is 2. The fourth-order valence-electron chi connectivity index (χ4n) is 1.74. The van der Waals surface area contributed by atoms with Crippen LogP contribution in [0.3, 0.4) is 0 Å². The third kappa shape index (κ3) is 3.46. The van der Waals surface area contributed by atoms with Gasteiger partial charge in [-0.3, -0.25) is 0 Å². The molecule has 1 aromatic heterocycles. The second kappa shape index (κ2) is 5.48. The highest BCUT2D eigenvalue weighted by molar-refractivity contribution is 7.89. The van der Waals surface area contributed by atoms with Crippen LogP contribution in [0.15, 0.2) is 47.5 Å². The Morgan fingerprint density at radius 3 is 2.30 bits per heavy atom. The van der Waals surface area contributed by atoms with E-state index in [-0.39, 0.29) is 4.90 Å². The molecule has 0 bridgehead atoms. The highest BCUT2D eigenvalue weighted by atomic mass is 32.2. The maximum Gasteiger partial charge on any atom is 0.239 e. The first-order valence-electron chi connectivity index (χ1n) is 5.90. The fraction of sp³-hybridized carbons (Fsp3) is 0.154. The molecule has 20 heavy (non-hydrogen) atoms. The molecular formula is C13H16N4O2S. The summed E-state index contributed by atoms with van der Waals surface area (Å²) in [5.74, 6) is 0.661. The molecule has 0 atom stereocenters. The summed E-state index contributed by atoms with van der Waals surface area (Å²) in [7, 11) is -1.83. The van der Waals surface area contributed by atoms with Crippen LogP contribution in [0.4, 0.5) is 11.5 Å². The van der Waals surface area contributed by atoms with Crippen molar-refractivity contribution in [2.75, 3.05) is 17.7 Å². The number of aromatic nitrogens is 1. The normalized spacial score (nSPS) is 11.3. The van der Waals surface area contributed by atoms with Gasteiger partial charge in [0.25, 0.3) is 0 Å². The monoisotopic (exact) mass is 292 g/mol. The number of pyridine rings is 1. The highest BCUT2D eigenvalue weighted by Crippen LogP contribution is 2.15. The number of rotatable bonds is 4. The third-order valence-electron chi connectivity index (χ3n) is 2.84. The van der Waals surface area contributed by atoms with E-state index in [1.54, 1.807) is 6.07 Å². The van der Waals surface area contributed by atoms with Gasteiger partial charge in [0.05, 0.1) is 0 Å². The highest BCUT2D eigenvalue weighted by Gasteiger charge is 2.09. The molecule has 0 saturated carbocycles. The number of hydrogen-bond acceptors (Lipinski definition) is 5. The molecule has 0 unspecified atom stereocenters. The summed E-state index contributed by atoms with van der Waals surface area (Å²) in [6.45, 7) is 0.641. The van der Waals surface area contributed by atoms with Crippen LogP contribution in [0.5, 0.6) is 0 Å². The van der Waals surface area contributed by atoms with Gasteiger partial charge in [-0.05, 0) is 29.8 Å². The summed E-state index contributed by atoms with van der Waals surface area (Å²) >= 11 is 0. The van der Waals surface area contributed by atoms with Gasteiger partial charge in [0.15, 0.2) is 0 Å². The standard InChI is InChI=1S/C13H16N4O2S/c1-17(9-10-2-4-11(14)5-3-10)13-7-6-12(8-16-13)20(15,18)19/h2-8H,9,14H2,1H3,(H2,15,18,19). The van der Waals surface area contributed by atoms with Gasteiger partial charge in [0.2, 0.25) is 10.0 Å². The summed E-state index contributed by atoms with van der Waals surface area (Å²) < 4.78 is 22.3. The molecule has 0 radical (unpaired) electrons. The van der Waals surface area contributed by atoms with E-state index in [2.05, 4.69) is 4.98 Å². The number of nitrogens with zero attached hydrogens (tertiary/aromatic N) is 2. The van der Waals surface area contributed by atoms with E-state index in [0.717, 1.165) is 5.56 Å². The molecule has 1 heterocycles. The molecular weight excluding hydrogens is 276 g/mol. The Morgan fingerprint density at radius 2 is 1.80 bits per heavy atom. The smallest absolute Gasteiger partial charge is 0.239 e. The van der Waals surface area contributed by atoms with Gasteiger partial charge in [-0.2, -0.15) is 0 Å². The lowest BCUT2D eigenvalue weighted by Crippen LogP contribution is -2.18. The quantitative estimate of drug-likeness (QED) is 0.817. The number of hydrogen-bond donors (Lipinski definition) is 2. The van der Waals surface area contributed by atoms with Crippen molar-refractivity contribution in [3.8, 4) is 0 Å². The second-order valence-corrected chi connectivity index (χ2v) is 6.06. The zero-order valence-electron chi connectivity index (χ0n) is 11.0. The largest absolute Gasteiger partial charge is 0.399 e. The van der Waals surface area contributed by atoms with Crippen molar-refractivity contribution in [2.24, 2.45) is 5.14 Å². The van der Waals surface area contributed by atoms with Crippen LogP contribution < -0.4 is 15.8 Å². The molecule has 4 N–H and O–H groups in total. The summed E-state index contributed by atoms with van der Waals surface area (Å²) in [6.07, 6.45) is 1.25. The Kier molecular flexibility index (Phi) is 3.91. The topological polar surface area (TPSA) is 102 Å². The molecule has 0 amide bonds. The van der Waals surface area contributed by atoms with Crippen molar-refractivity contribution in [1.82, 2.24) is 4.98 Å². The molecule has 0 spiro atoms. The second-order valence-electron chi connectivity index (χ2n) is 4.49. The van der Waals surface area contributed by atoms with Gasteiger partial charge < -0.3 is 10.6 Å². The van der Waals surface area contributed by atoms with E-state index in [0.29, 0.717) is 18.1 Å². The Bertz CT molecular complexity index is 681. The summed E-state index contributed by atoms with van der Waals surface area (Å²) in [5.41, 5.74) is 7.43. The van der Waals surface area contributed by atoms with Gasteiger partial charge in [-0.15, -0.1) is 0 Å². The van der Waals surface area contributed by atoms with Crippen LogP contribution in [0.2, 0.25) is 0 Å². The van der Waals surface area contributed by atoms with Crippen molar-refractivity contribution in [1.29, 1.82) is 0 Å². The molecule has 7 heteroatoms. The predicted molar refractivity (Wildman–Crippen MR) is 78.6 cm³/mol. The summed E-state index contributed by atoms with van der Waals surface area (Å²) in [6, 6.07) is 10.6. The van der Waals surface area contributed by atoms with Gasteiger partial charge >= 0.3 is 0 Å². The molecule has 0 aliphatic rings. The lowest BCUT2D eigenvalue weighted by Gasteiger charge is -2.18. The van der Waals surface area contributed by atoms with Crippen LogP contribution in [-0.2, 0) is 16.6 Å². The summed E-state index contributed by atoms with van der Waals surface area (Å²) in [4.78, 5) is 6.00. The number of sulfonamides is 1. The maximum atomic E-state index is 11.1. The van der Waals surface area contributed by atoms with Crippen LogP contribution in [0.1, 0.15) is 5.56 Å². The average molecular weight is 292 g/mol. The minimum absolute atomic E-state index is 0.00198. The minimum Gasteiger partial charge on any atom is -0.399 e. The predicted octanol–water partition coefficient (Wildman–Crippen LogP) is 0.948. The van der Waals surface area contributed by atoms with E-state index < -0.39 is 10.0 Å². The van der Waals surface area contributed by atoms with Crippen LogP contribution in [0.25, 0.3) is 0 Å². The van der Waals surface area contributed by atoms with Crippen molar-refractivity contribution in [3.63, 3.8) is 0 Å². The first kappa shape index (κ1) is 14.3. The van der Waals surface area contributed by atoms with Crippen molar-refractivity contribution >= 4 is 21.5 Å². The van der Waals surface area contributed by atoms with Crippen molar-refractivity contribution in [3.05, 3.63) is 48.2 Å². The molecule has 2 aromatic rings. The van der Waals surface area contributed by atoms with Gasteiger partial charge in [0.1, 0.15) is 10.7 Å². The Morgan fingerprint density at radius 1 is 1.15 bits per heavy atom. The number of nitrogens with two attached hydrogens (primary N) is 2. The van der Waals surface area contributed by atoms with Crippen molar-refractivity contribution < 1.29 is 8.42 Å². The van der Waals surface area contributed by atoms with Crippen LogP contribution in [0, 0.1) is 0 Å². The first-order chi connectivity index (χ1) is 9.36. The lowest BCUT2D eigenvalue weighted by atomic mass is 10.2. The lowest BCUT2D eigenvalue weighted by molar-refractivity contribution is 0.597. The molecule has 0 saturated heterocycles. The maximum absolute atomic E-state index is 11.1. The van der Waals surface area contributed by atoms with E-state index in [1.165, 1.54) is 12.3 Å². The Hall–Kier alpha value is -2.12. The first-order valence-corrected chi connectivity index (χ1v) is 7.45. The SMILES string of the molecule is CN(Cc1ccc(N)cc1)c1ccc(S(N)(=O)=O)cn1. The van der Waals surface area contributed by atoms with Crippen LogP contribution in [-0.4, -0.2) is 20.4 Å². The molecule has 6 nitrogen and oxygen atoms in total. The number of nitrogen functional groups attached to an aromatic ring is 1.